The van der Waals surface area contributed by atoms with Crippen LogP contribution in [-0.4, -0.2) is 17.0 Å². The molecule has 17 heavy (non-hydrogen) atoms. The van der Waals surface area contributed by atoms with E-state index in [0.29, 0.717) is 23.7 Å². The standard InChI is InChI=1S/C15H22O2/c1-8-11(16)7-15(4)12(8)9-5-14(2,3)6-10(9)13(15)17/h9-10,13,17H,5-7H2,1-4H3/t9-,10+,13-,15+/m1/s1. The Hall–Kier alpha value is -0.630. The minimum atomic E-state index is -0.314. The van der Waals surface area contributed by atoms with Crippen molar-refractivity contribution in [1.29, 1.82) is 0 Å². The second-order valence-corrected chi connectivity index (χ2v) is 7.34. The van der Waals surface area contributed by atoms with Crippen LogP contribution in [-0.2, 0) is 4.79 Å². The minimum absolute atomic E-state index is 0.243. The van der Waals surface area contributed by atoms with Gasteiger partial charge in [0.15, 0.2) is 5.78 Å². The largest absolute Gasteiger partial charge is 0.392 e. The van der Waals surface area contributed by atoms with Crippen LogP contribution in [0.3, 0.4) is 0 Å². The van der Waals surface area contributed by atoms with Crippen molar-refractivity contribution in [1.82, 2.24) is 0 Å². The van der Waals surface area contributed by atoms with E-state index >= 15 is 0 Å². The Bertz CT molecular complexity index is 432. The lowest BCUT2D eigenvalue weighted by Gasteiger charge is -2.30. The number of fused-ring (bicyclic) bond motifs is 3. The molecule has 4 atom stereocenters. The number of ketones is 1. The predicted octanol–water partition coefficient (Wildman–Crippen LogP) is 2.71. The number of aliphatic hydroxyl groups excluding tert-OH is 1. The van der Waals surface area contributed by atoms with Crippen molar-refractivity contribution >= 4 is 5.78 Å². The summed E-state index contributed by atoms with van der Waals surface area (Å²) >= 11 is 0. The van der Waals surface area contributed by atoms with Gasteiger partial charge >= 0.3 is 0 Å². The van der Waals surface area contributed by atoms with Crippen LogP contribution >= 0.6 is 0 Å². The summed E-state index contributed by atoms with van der Waals surface area (Å²) in [7, 11) is 0. The van der Waals surface area contributed by atoms with Gasteiger partial charge in [0.05, 0.1) is 6.10 Å². The first kappa shape index (κ1) is 11.5. The highest BCUT2D eigenvalue weighted by Crippen LogP contribution is 2.65. The first-order valence-corrected chi connectivity index (χ1v) is 6.69. The number of Topliss-reactive ketones (excluding diaryl/α,β-unsaturated/α-hetero) is 1. The van der Waals surface area contributed by atoms with Crippen LogP contribution in [0.15, 0.2) is 11.1 Å². The number of aliphatic hydroxyl groups is 1. The van der Waals surface area contributed by atoms with Crippen LogP contribution < -0.4 is 0 Å². The molecule has 0 aromatic rings. The molecule has 2 nitrogen and oxygen atoms in total. The van der Waals surface area contributed by atoms with Gasteiger partial charge in [-0.2, -0.15) is 0 Å². The van der Waals surface area contributed by atoms with Crippen molar-refractivity contribution < 1.29 is 9.90 Å². The average molecular weight is 234 g/mol. The second kappa shape index (κ2) is 3.03. The SMILES string of the molecule is CC1=C2[C@@H]3CC(C)(C)C[C@@H]3[C@@H](O)[C@@]2(C)CC1=O. The van der Waals surface area contributed by atoms with Crippen molar-refractivity contribution in [2.45, 2.75) is 53.1 Å². The second-order valence-electron chi connectivity index (χ2n) is 7.34. The third-order valence-corrected chi connectivity index (χ3v) is 5.47. The molecule has 0 heterocycles. The van der Waals surface area contributed by atoms with Gasteiger partial charge in [0, 0.05) is 11.8 Å². The maximum atomic E-state index is 11.9. The van der Waals surface area contributed by atoms with E-state index < -0.39 is 0 Å². The van der Waals surface area contributed by atoms with Crippen LogP contribution in [0.25, 0.3) is 0 Å². The molecule has 3 aliphatic carbocycles. The molecule has 2 saturated carbocycles. The zero-order valence-corrected chi connectivity index (χ0v) is 11.2. The summed E-state index contributed by atoms with van der Waals surface area (Å²) in [6, 6.07) is 0. The van der Waals surface area contributed by atoms with Crippen LogP contribution in [0.1, 0.15) is 47.0 Å². The highest BCUT2D eigenvalue weighted by molar-refractivity contribution is 6.00. The van der Waals surface area contributed by atoms with Gasteiger partial charge in [-0.05, 0) is 42.6 Å². The molecule has 2 fully saturated rings. The Morgan fingerprint density at radius 2 is 1.88 bits per heavy atom. The van der Waals surface area contributed by atoms with Gasteiger partial charge < -0.3 is 5.11 Å². The lowest BCUT2D eigenvalue weighted by Crippen LogP contribution is -2.32. The number of hydrogen-bond acceptors (Lipinski definition) is 2. The number of rotatable bonds is 0. The Kier molecular flexibility index (Phi) is 2.04. The number of hydrogen-bond donors (Lipinski definition) is 1. The molecule has 0 bridgehead atoms. The van der Waals surface area contributed by atoms with Crippen molar-refractivity contribution in [2.24, 2.45) is 22.7 Å². The number of carbonyl (C=O) groups is 1. The molecule has 0 aromatic heterocycles. The predicted molar refractivity (Wildman–Crippen MR) is 66.4 cm³/mol. The lowest BCUT2D eigenvalue weighted by atomic mass is 9.77. The van der Waals surface area contributed by atoms with Gasteiger partial charge in [-0.3, -0.25) is 4.79 Å². The molecule has 94 valence electrons. The molecule has 0 amide bonds. The molecule has 3 aliphatic rings. The molecule has 0 radical (unpaired) electrons. The maximum Gasteiger partial charge on any atom is 0.159 e. The summed E-state index contributed by atoms with van der Waals surface area (Å²) < 4.78 is 0. The Balaban J connectivity index is 2.10. The van der Waals surface area contributed by atoms with E-state index in [1.54, 1.807) is 0 Å². The van der Waals surface area contributed by atoms with Crippen LogP contribution in [0.4, 0.5) is 0 Å². The van der Waals surface area contributed by atoms with E-state index in [2.05, 4.69) is 20.8 Å². The molecule has 1 N–H and O–H groups in total. The summed E-state index contributed by atoms with van der Waals surface area (Å²) in [4.78, 5) is 11.9. The van der Waals surface area contributed by atoms with Crippen molar-refractivity contribution in [3.05, 3.63) is 11.1 Å². The summed E-state index contributed by atoms with van der Waals surface area (Å²) in [6.45, 7) is 8.61. The van der Waals surface area contributed by atoms with E-state index in [1.807, 2.05) is 6.92 Å². The molecule has 0 spiro atoms. The van der Waals surface area contributed by atoms with Gasteiger partial charge in [-0.15, -0.1) is 0 Å². The van der Waals surface area contributed by atoms with E-state index in [9.17, 15) is 9.90 Å². The van der Waals surface area contributed by atoms with E-state index in [0.717, 1.165) is 18.4 Å². The zero-order valence-electron chi connectivity index (χ0n) is 11.2. The lowest BCUT2D eigenvalue weighted by molar-refractivity contribution is -0.117. The zero-order chi connectivity index (χ0) is 12.6. The van der Waals surface area contributed by atoms with Gasteiger partial charge in [-0.1, -0.05) is 26.3 Å². The molecule has 0 aliphatic heterocycles. The molecule has 2 heteroatoms. The van der Waals surface area contributed by atoms with E-state index in [4.69, 9.17) is 0 Å². The smallest absolute Gasteiger partial charge is 0.159 e. The fourth-order valence-corrected chi connectivity index (χ4v) is 4.84. The fraction of sp³-hybridized carbons (Fsp3) is 0.800. The minimum Gasteiger partial charge on any atom is -0.392 e. The van der Waals surface area contributed by atoms with E-state index in [-0.39, 0.29) is 17.3 Å². The third-order valence-electron chi connectivity index (χ3n) is 5.47. The summed E-state index contributed by atoms with van der Waals surface area (Å²) in [5, 5.41) is 10.6. The summed E-state index contributed by atoms with van der Waals surface area (Å²) in [5.74, 6) is 1.09. The van der Waals surface area contributed by atoms with Crippen molar-refractivity contribution in [2.75, 3.05) is 0 Å². The fourth-order valence-electron chi connectivity index (χ4n) is 4.84. The molecule has 0 saturated heterocycles. The van der Waals surface area contributed by atoms with Crippen LogP contribution in [0.5, 0.6) is 0 Å². The Morgan fingerprint density at radius 3 is 2.53 bits per heavy atom. The van der Waals surface area contributed by atoms with Gasteiger partial charge in [-0.25, -0.2) is 0 Å². The molecule has 3 rings (SSSR count). The maximum absolute atomic E-state index is 11.9. The third kappa shape index (κ3) is 1.28. The first-order valence-electron chi connectivity index (χ1n) is 6.69. The van der Waals surface area contributed by atoms with Gasteiger partial charge in [0.25, 0.3) is 0 Å². The van der Waals surface area contributed by atoms with Crippen molar-refractivity contribution in [3.63, 3.8) is 0 Å². The molecular weight excluding hydrogens is 212 g/mol. The molecular formula is C15H22O2. The van der Waals surface area contributed by atoms with Crippen LogP contribution in [0, 0.1) is 22.7 Å². The molecule has 0 aromatic carbocycles. The highest BCUT2D eigenvalue weighted by Gasteiger charge is 2.61. The summed E-state index contributed by atoms with van der Waals surface area (Å²) in [6.07, 6.45) is 2.44. The topological polar surface area (TPSA) is 37.3 Å². The monoisotopic (exact) mass is 234 g/mol. The average Bonchev–Trinajstić information content (AvgIpc) is 2.68. The van der Waals surface area contributed by atoms with Crippen molar-refractivity contribution in [3.8, 4) is 0 Å². The highest BCUT2D eigenvalue weighted by atomic mass is 16.3. The van der Waals surface area contributed by atoms with Gasteiger partial charge in [0.1, 0.15) is 0 Å². The van der Waals surface area contributed by atoms with Gasteiger partial charge in [0.2, 0.25) is 0 Å². The first-order chi connectivity index (χ1) is 7.76. The normalized spacial score (nSPS) is 47.6. The summed E-state index contributed by atoms with van der Waals surface area (Å²) in [5.41, 5.74) is 2.33. The number of allylic oxidation sites excluding steroid dienone is 1. The van der Waals surface area contributed by atoms with E-state index in [1.165, 1.54) is 5.57 Å². The van der Waals surface area contributed by atoms with Crippen LogP contribution in [0.2, 0.25) is 0 Å². The number of carbonyl (C=O) groups excluding carboxylic acids is 1. The molecule has 0 unspecified atom stereocenters. The Morgan fingerprint density at radius 1 is 1.24 bits per heavy atom. The Labute approximate surface area is 103 Å². The quantitative estimate of drug-likeness (QED) is 0.699.